The molecular weight excluding hydrogens is 372 g/mol. The number of carbonyl (C=O) groups excluding carboxylic acids is 5. The summed E-state index contributed by atoms with van der Waals surface area (Å²) in [4.78, 5) is 61.3. The highest BCUT2D eigenvalue weighted by atomic mass is 32.2. The quantitative estimate of drug-likeness (QED) is 0.314. The predicted molar refractivity (Wildman–Crippen MR) is 103 cm³/mol. The second kappa shape index (κ2) is 12.5. The Hall–Kier alpha value is -1.90. The Balaban J connectivity index is 4.89. The van der Waals surface area contributed by atoms with E-state index in [1.54, 1.807) is 32.6 Å². The number of amides is 2. The molecule has 0 heterocycles. The molecule has 0 radical (unpaired) electrons. The van der Waals surface area contributed by atoms with Gasteiger partial charge < -0.3 is 15.0 Å². The first-order chi connectivity index (χ1) is 12.5. The van der Waals surface area contributed by atoms with Crippen LogP contribution >= 0.6 is 11.8 Å². The molecule has 0 fully saturated rings. The molecule has 0 aromatic heterocycles. The highest BCUT2D eigenvalue weighted by molar-refractivity contribution is 8.13. The number of carbonyl (C=O) groups is 5. The van der Waals surface area contributed by atoms with E-state index in [4.69, 9.17) is 4.74 Å². The monoisotopic (exact) mass is 402 g/mol. The van der Waals surface area contributed by atoms with Crippen LogP contribution in [0.4, 0.5) is 0 Å². The Morgan fingerprint density at radius 3 is 2.00 bits per heavy atom. The van der Waals surface area contributed by atoms with E-state index in [1.807, 2.05) is 13.8 Å². The molecule has 1 atom stereocenters. The van der Waals surface area contributed by atoms with Crippen LogP contribution in [0.1, 0.15) is 48.0 Å². The summed E-state index contributed by atoms with van der Waals surface area (Å²) in [5.41, 5.74) is 0. The van der Waals surface area contributed by atoms with Gasteiger partial charge in [0.15, 0.2) is 5.12 Å². The lowest BCUT2D eigenvalue weighted by Gasteiger charge is -2.26. The third-order valence-corrected chi connectivity index (χ3v) is 4.47. The van der Waals surface area contributed by atoms with Crippen molar-refractivity contribution in [2.75, 3.05) is 18.8 Å². The molecule has 8 nitrogen and oxygen atoms in total. The van der Waals surface area contributed by atoms with Gasteiger partial charge in [0.1, 0.15) is 6.04 Å². The lowest BCUT2D eigenvalue weighted by Crippen LogP contribution is -2.51. The summed E-state index contributed by atoms with van der Waals surface area (Å²) in [6.07, 6.45) is -1.06. The fourth-order valence-corrected chi connectivity index (χ4v) is 2.79. The average molecular weight is 403 g/mol. The topological polar surface area (TPSA) is 110 Å². The van der Waals surface area contributed by atoms with Crippen molar-refractivity contribution < 1.29 is 28.7 Å². The van der Waals surface area contributed by atoms with E-state index < -0.39 is 35.4 Å². The molecule has 0 bridgehead atoms. The maximum Gasteiger partial charge on any atom is 0.375 e. The number of esters is 1. The van der Waals surface area contributed by atoms with Crippen molar-refractivity contribution in [1.29, 1.82) is 0 Å². The van der Waals surface area contributed by atoms with Crippen molar-refractivity contribution >= 4 is 40.4 Å². The molecule has 0 rings (SSSR count). The number of hydrogen-bond acceptors (Lipinski definition) is 7. The van der Waals surface area contributed by atoms with Crippen LogP contribution in [0, 0.1) is 5.92 Å². The van der Waals surface area contributed by atoms with E-state index in [0.29, 0.717) is 13.1 Å². The van der Waals surface area contributed by atoms with Gasteiger partial charge in [0.05, 0.1) is 12.5 Å². The zero-order chi connectivity index (χ0) is 21.1. The largest absolute Gasteiger partial charge is 0.457 e. The standard InChI is InChI=1S/C18H30N2O6S/c1-7-20(8-2)17(24)13(19-16(23)11(3)4)10-27-15(22)9-14(21)18(25)26-12(5)6/h11-13H,7-10H2,1-6H3,(H,19,23). The molecule has 0 aromatic rings. The van der Waals surface area contributed by atoms with Gasteiger partial charge in [-0.2, -0.15) is 0 Å². The number of ether oxygens (including phenoxy) is 1. The van der Waals surface area contributed by atoms with Gasteiger partial charge in [-0.1, -0.05) is 25.6 Å². The number of rotatable bonds is 11. The van der Waals surface area contributed by atoms with Gasteiger partial charge in [-0.25, -0.2) is 4.79 Å². The second-order valence-electron chi connectivity index (χ2n) is 6.46. The normalized spacial score (nSPS) is 11.9. The summed E-state index contributed by atoms with van der Waals surface area (Å²) in [5, 5.41) is 2.08. The summed E-state index contributed by atoms with van der Waals surface area (Å²) in [7, 11) is 0. The van der Waals surface area contributed by atoms with E-state index in [1.165, 1.54) is 0 Å². The van der Waals surface area contributed by atoms with Crippen LogP contribution in [0.15, 0.2) is 0 Å². The molecule has 0 aliphatic rings. The van der Waals surface area contributed by atoms with Gasteiger partial charge in [0.2, 0.25) is 17.6 Å². The summed E-state index contributed by atoms with van der Waals surface area (Å²) in [6.45, 7) is 11.2. The van der Waals surface area contributed by atoms with Crippen LogP contribution < -0.4 is 5.32 Å². The summed E-state index contributed by atoms with van der Waals surface area (Å²) in [6, 6.07) is -0.883. The van der Waals surface area contributed by atoms with Crippen LogP contribution in [-0.4, -0.2) is 64.6 Å². The van der Waals surface area contributed by atoms with Gasteiger partial charge in [-0.05, 0) is 27.7 Å². The van der Waals surface area contributed by atoms with Crippen molar-refractivity contribution in [3.05, 3.63) is 0 Å². The molecule has 1 unspecified atom stereocenters. The SMILES string of the molecule is CCN(CC)C(=O)C(CSC(=O)CC(=O)C(=O)OC(C)C)NC(=O)C(C)C. The van der Waals surface area contributed by atoms with E-state index in [0.717, 1.165) is 11.8 Å². The van der Waals surface area contributed by atoms with Gasteiger partial charge >= 0.3 is 5.97 Å². The summed E-state index contributed by atoms with van der Waals surface area (Å²) < 4.78 is 4.75. The molecule has 0 saturated carbocycles. The number of likely N-dealkylation sites (N-methyl/N-ethyl adjacent to an activating group) is 1. The second-order valence-corrected chi connectivity index (χ2v) is 7.54. The molecule has 9 heteroatoms. The highest BCUT2D eigenvalue weighted by Crippen LogP contribution is 2.11. The molecule has 0 spiro atoms. The van der Waals surface area contributed by atoms with E-state index in [-0.39, 0.29) is 23.5 Å². The van der Waals surface area contributed by atoms with Crippen LogP contribution in [-0.2, 0) is 28.7 Å². The first-order valence-electron chi connectivity index (χ1n) is 9.01. The fourth-order valence-electron chi connectivity index (χ4n) is 1.98. The number of hydrogen-bond donors (Lipinski definition) is 1. The smallest absolute Gasteiger partial charge is 0.375 e. The Bertz CT molecular complexity index is 558. The van der Waals surface area contributed by atoms with Gasteiger partial charge in [-0.3, -0.25) is 19.2 Å². The lowest BCUT2D eigenvalue weighted by molar-refractivity contribution is -0.157. The molecular formula is C18H30N2O6S. The molecule has 0 aromatic carbocycles. The zero-order valence-corrected chi connectivity index (χ0v) is 17.7. The van der Waals surface area contributed by atoms with E-state index in [9.17, 15) is 24.0 Å². The summed E-state index contributed by atoms with van der Waals surface area (Å²) >= 11 is 0.740. The number of nitrogens with zero attached hydrogens (tertiary/aromatic N) is 1. The van der Waals surface area contributed by atoms with Crippen LogP contribution in [0.5, 0.6) is 0 Å². The van der Waals surface area contributed by atoms with Crippen LogP contribution in [0.2, 0.25) is 0 Å². The molecule has 2 amide bonds. The number of Topliss-reactive ketones (excluding diaryl/α,β-unsaturated/α-hetero) is 1. The van der Waals surface area contributed by atoms with E-state index >= 15 is 0 Å². The molecule has 154 valence electrons. The Kier molecular flexibility index (Phi) is 11.6. The maximum absolute atomic E-state index is 12.6. The number of ketones is 1. The minimum absolute atomic E-state index is 0.0147. The minimum Gasteiger partial charge on any atom is -0.457 e. The van der Waals surface area contributed by atoms with Crippen LogP contribution in [0.25, 0.3) is 0 Å². The molecule has 0 saturated heterocycles. The fraction of sp³-hybridized carbons (Fsp3) is 0.722. The van der Waals surface area contributed by atoms with Gasteiger partial charge in [-0.15, -0.1) is 0 Å². The van der Waals surface area contributed by atoms with Crippen molar-refractivity contribution in [2.24, 2.45) is 5.92 Å². The van der Waals surface area contributed by atoms with Crippen molar-refractivity contribution in [2.45, 2.75) is 60.1 Å². The minimum atomic E-state index is -1.05. The lowest BCUT2D eigenvalue weighted by atomic mass is 10.2. The highest BCUT2D eigenvalue weighted by Gasteiger charge is 2.27. The molecule has 0 aliphatic heterocycles. The Morgan fingerprint density at radius 2 is 1.56 bits per heavy atom. The van der Waals surface area contributed by atoms with Crippen molar-refractivity contribution in [1.82, 2.24) is 10.2 Å². The predicted octanol–water partition coefficient (Wildman–Crippen LogP) is 1.17. The Morgan fingerprint density at radius 1 is 1.00 bits per heavy atom. The first kappa shape index (κ1) is 25.1. The maximum atomic E-state index is 12.6. The van der Waals surface area contributed by atoms with Crippen molar-refractivity contribution in [3.8, 4) is 0 Å². The Labute approximate surface area is 164 Å². The van der Waals surface area contributed by atoms with Gasteiger partial charge in [0.25, 0.3) is 0 Å². The van der Waals surface area contributed by atoms with Crippen LogP contribution in [0.3, 0.4) is 0 Å². The third kappa shape index (κ3) is 9.55. The van der Waals surface area contributed by atoms with Gasteiger partial charge in [0, 0.05) is 24.8 Å². The van der Waals surface area contributed by atoms with E-state index in [2.05, 4.69) is 5.32 Å². The number of nitrogens with one attached hydrogen (secondary N) is 1. The molecule has 0 aliphatic carbocycles. The molecule has 27 heavy (non-hydrogen) atoms. The number of thioether (sulfide) groups is 1. The zero-order valence-electron chi connectivity index (χ0n) is 16.9. The average Bonchev–Trinajstić information content (AvgIpc) is 2.58. The molecule has 1 N–H and O–H groups in total. The summed E-state index contributed by atoms with van der Waals surface area (Å²) in [5.74, 6) is -2.91. The first-order valence-corrected chi connectivity index (χ1v) is 10.00. The van der Waals surface area contributed by atoms with Crippen molar-refractivity contribution in [3.63, 3.8) is 0 Å². The third-order valence-electron chi connectivity index (χ3n) is 3.50.